The standard InChI is InChI=1S/C25H23F3N6O3S/c26-25(27,28)17-4-8-22(30-14-17)31-18-9-11-34(12-10-18)38(36,37)19-5-1-15(2-6-19)16-3-7-21-20(13-16)23(24(29)35)33-32-21/h1-8,13-14,18H,9-12H2,(H2,29,35)(H,30,31)(H,32,33). The molecule has 1 saturated heterocycles. The van der Waals surface area contributed by atoms with Gasteiger partial charge in [-0.25, -0.2) is 13.4 Å². The summed E-state index contributed by atoms with van der Waals surface area (Å²) in [5.41, 5.74) is 6.88. The van der Waals surface area contributed by atoms with Crippen LogP contribution >= 0.6 is 0 Å². The van der Waals surface area contributed by atoms with Crippen molar-refractivity contribution in [2.75, 3.05) is 18.4 Å². The van der Waals surface area contributed by atoms with Crippen molar-refractivity contribution < 1.29 is 26.4 Å². The number of halogens is 3. The molecular formula is C25H23F3N6O3S. The van der Waals surface area contributed by atoms with E-state index in [1.807, 2.05) is 6.07 Å². The molecule has 198 valence electrons. The van der Waals surface area contributed by atoms with Crippen LogP contribution < -0.4 is 11.1 Å². The topological polar surface area (TPSA) is 134 Å². The molecule has 1 amide bonds. The van der Waals surface area contributed by atoms with Crippen molar-refractivity contribution in [1.82, 2.24) is 19.5 Å². The van der Waals surface area contributed by atoms with Crippen molar-refractivity contribution >= 4 is 32.7 Å². The van der Waals surface area contributed by atoms with E-state index >= 15 is 0 Å². The molecule has 3 heterocycles. The molecule has 0 aliphatic carbocycles. The number of rotatable bonds is 6. The monoisotopic (exact) mass is 544 g/mol. The number of aromatic amines is 1. The van der Waals surface area contributed by atoms with Crippen LogP contribution in [0.1, 0.15) is 28.9 Å². The van der Waals surface area contributed by atoms with E-state index in [9.17, 15) is 26.4 Å². The van der Waals surface area contributed by atoms with Crippen LogP contribution in [0.5, 0.6) is 0 Å². The van der Waals surface area contributed by atoms with Gasteiger partial charge in [0.25, 0.3) is 5.91 Å². The second-order valence-electron chi connectivity index (χ2n) is 8.97. The zero-order chi connectivity index (χ0) is 27.1. The van der Waals surface area contributed by atoms with E-state index in [0.717, 1.165) is 23.4 Å². The van der Waals surface area contributed by atoms with Crippen molar-refractivity contribution in [3.8, 4) is 11.1 Å². The van der Waals surface area contributed by atoms with Crippen LogP contribution in [0.2, 0.25) is 0 Å². The Labute approximate surface area is 215 Å². The number of alkyl halides is 3. The van der Waals surface area contributed by atoms with E-state index < -0.39 is 27.7 Å². The SMILES string of the molecule is NC(=O)c1n[nH]c2ccc(-c3ccc(S(=O)(=O)N4CCC(Nc5ccc(C(F)(F)F)cn5)CC4)cc3)cc12. The first-order valence-corrected chi connectivity index (χ1v) is 13.1. The van der Waals surface area contributed by atoms with E-state index in [1.54, 1.807) is 24.3 Å². The number of H-pyrrole nitrogens is 1. The second kappa shape index (κ2) is 9.72. The lowest BCUT2D eigenvalue weighted by Crippen LogP contribution is -2.42. The molecule has 0 bridgehead atoms. The fourth-order valence-electron chi connectivity index (χ4n) is 4.45. The zero-order valence-corrected chi connectivity index (χ0v) is 20.7. The number of primary amides is 1. The molecule has 38 heavy (non-hydrogen) atoms. The summed E-state index contributed by atoms with van der Waals surface area (Å²) >= 11 is 0. The first-order valence-electron chi connectivity index (χ1n) is 11.7. The smallest absolute Gasteiger partial charge is 0.367 e. The Bertz CT molecular complexity index is 1580. The number of nitrogens with zero attached hydrogens (tertiary/aromatic N) is 3. The van der Waals surface area contributed by atoms with Gasteiger partial charge in [-0.05, 0) is 60.4 Å². The van der Waals surface area contributed by atoms with Gasteiger partial charge in [-0.2, -0.15) is 22.6 Å². The summed E-state index contributed by atoms with van der Waals surface area (Å²) in [6, 6.07) is 14.0. The van der Waals surface area contributed by atoms with E-state index in [0.29, 0.717) is 29.6 Å². The normalized spacial score (nSPS) is 15.6. The molecular weight excluding hydrogens is 521 g/mol. The average Bonchev–Trinajstić information content (AvgIpc) is 3.33. The van der Waals surface area contributed by atoms with Gasteiger partial charge in [0.1, 0.15) is 5.82 Å². The van der Waals surface area contributed by atoms with Crippen LogP contribution in [0.25, 0.3) is 22.0 Å². The summed E-state index contributed by atoms with van der Waals surface area (Å²) in [4.78, 5) is 15.6. The second-order valence-corrected chi connectivity index (χ2v) is 10.9. The van der Waals surface area contributed by atoms with Crippen LogP contribution in [0.4, 0.5) is 19.0 Å². The Hall–Kier alpha value is -3.97. The highest BCUT2D eigenvalue weighted by Gasteiger charge is 2.32. The fraction of sp³-hybridized carbons (Fsp3) is 0.240. The van der Waals surface area contributed by atoms with Gasteiger partial charge in [-0.15, -0.1) is 0 Å². The van der Waals surface area contributed by atoms with Gasteiger partial charge < -0.3 is 11.1 Å². The number of piperidine rings is 1. The number of hydrogen-bond acceptors (Lipinski definition) is 6. The molecule has 0 radical (unpaired) electrons. The summed E-state index contributed by atoms with van der Waals surface area (Å²) in [5, 5.41) is 10.3. The largest absolute Gasteiger partial charge is 0.417 e. The van der Waals surface area contributed by atoms with Gasteiger partial charge in [0.2, 0.25) is 10.0 Å². The van der Waals surface area contributed by atoms with Crippen molar-refractivity contribution in [2.24, 2.45) is 5.73 Å². The molecule has 1 fully saturated rings. The molecule has 0 unspecified atom stereocenters. The molecule has 1 aliphatic heterocycles. The first kappa shape index (κ1) is 25.7. The van der Waals surface area contributed by atoms with E-state index in [4.69, 9.17) is 5.73 Å². The minimum Gasteiger partial charge on any atom is -0.367 e. The third-order valence-electron chi connectivity index (χ3n) is 6.52. The van der Waals surface area contributed by atoms with Gasteiger partial charge in [-0.1, -0.05) is 18.2 Å². The van der Waals surface area contributed by atoms with Gasteiger partial charge >= 0.3 is 6.18 Å². The van der Waals surface area contributed by atoms with Crippen molar-refractivity contribution in [2.45, 2.75) is 30.0 Å². The summed E-state index contributed by atoms with van der Waals surface area (Å²) in [6.45, 7) is 0.519. The third kappa shape index (κ3) is 5.07. The van der Waals surface area contributed by atoms with Gasteiger partial charge in [0.15, 0.2) is 5.69 Å². The number of anilines is 1. The van der Waals surface area contributed by atoms with Crippen LogP contribution in [0.3, 0.4) is 0 Å². The number of fused-ring (bicyclic) bond motifs is 1. The fourth-order valence-corrected chi connectivity index (χ4v) is 5.92. The van der Waals surface area contributed by atoms with Crippen molar-refractivity contribution in [1.29, 1.82) is 0 Å². The predicted molar refractivity (Wildman–Crippen MR) is 135 cm³/mol. The van der Waals surface area contributed by atoms with E-state index in [-0.39, 0.29) is 29.7 Å². The third-order valence-corrected chi connectivity index (χ3v) is 8.43. The number of amides is 1. The minimum atomic E-state index is -4.45. The van der Waals surface area contributed by atoms with E-state index in [1.165, 1.54) is 22.5 Å². The maximum Gasteiger partial charge on any atom is 0.417 e. The number of carbonyl (C=O) groups is 1. The lowest BCUT2D eigenvalue weighted by molar-refractivity contribution is -0.137. The van der Waals surface area contributed by atoms with Crippen LogP contribution in [-0.2, 0) is 16.2 Å². The number of aromatic nitrogens is 3. The lowest BCUT2D eigenvalue weighted by atomic mass is 10.0. The molecule has 13 heteroatoms. The molecule has 2 aromatic carbocycles. The Morgan fingerprint density at radius 3 is 2.32 bits per heavy atom. The molecule has 1 aliphatic rings. The highest BCUT2D eigenvalue weighted by molar-refractivity contribution is 7.89. The number of nitrogens with two attached hydrogens (primary N) is 1. The van der Waals surface area contributed by atoms with Gasteiger partial charge in [0, 0.05) is 30.7 Å². The average molecular weight is 545 g/mol. The number of nitrogens with one attached hydrogen (secondary N) is 2. The van der Waals surface area contributed by atoms with Gasteiger partial charge in [-0.3, -0.25) is 9.89 Å². The number of benzene rings is 2. The Morgan fingerprint density at radius 2 is 1.71 bits per heavy atom. The Morgan fingerprint density at radius 1 is 1.03 bits per heavy atom. The molecule has 5 rings (SSSR count). The summed E-state index contributed by atoms with van der Waals surface area (Å²) in [5.74, 6) is -0.337. The predicted octanol–water partition coefficient (Wildman–Crippen LogP) is 4.01. The highest BCUT2D eigenvalue weighted by atomic mass is 32.2. The molecule has 9 nitrogen and oxygen atoms in total. The number of carbonyl (C=O) groups excluding carboxylic acids is 1. The molecule has 0 saturated carbocycles. The maximum absolute atomic E-state index is 13.2. The minimum absolute atomic E-state index is 0.115. The quantitative estimate of drug-likeness (QED) is 0.336. The lowest BCUT2D eigenvalue weighted by Gasteiger charge is -2.32. The Balaban J connectivity index is 1.24. The van der Waals surface area contributed by atoms with Crippen LogP contribution in [-0.4, -0.2) is 52.9 Å². The highest BCUT2D eigenvalue weighted by Crippen LogP contribution is 2.30. The van der Waals surface area contributed by atoms with Crippen molar-refractivity contribution in [3.05, 3.63) is 72.1 Å². The molecule has 4 N–H and O–H groups in total. The molecule has 0 spiro atoms. The van der Waals surface area contributed by atoms with Crippen molar-refractivity contribution in [3.63, 3.8) is 0 Å². The van der Waals surface area contributed by atoms with Crippen LogP contribution in [0, 0.1) is 0 Å². The number of sulfonamides is 1. The molecule has 4 aromatic rings. The molecule has 2 aromatic heterocycles. The summed E-state index contributed by atoms with van der Waals surface area (Å²) < 4.78 is 66.0. The maximum atomic E-state index is 13.2. The van der Waals surface area contributed by atoms with Crippen LogP contribution in [0.15, 0.2) is 65.7 Å². The van der Waals surface area contributed by atoms with E-state index in [2.05, 4.69) is 20.5 Å². The number of pyridine rings is 1. The zero-order valence-electron chi connectivity index (χ0n) is 19.9. The first-order chi connectivity index (χ1) is 18.0. The summed E-state index contributed by atoms with van der Waals surface area (Å²) in [6.07, 6.45) is -2.72. The Kier molecular flexibility index (Phi) is 6.57. The number of hydrogen-bond donors (Lipinski definition) is 3. The van der Waals surface area contributed by atoms with Gasteiger partial charge in [0.05, 0.1) is 16.0 Å². The molecule has 0 atom stereocenters. The summed E-state index contributed by atoms with van der Waals surface area (Å²) in [7, 11) is -3.73.